The summed E-state index contributed by atoms with van der Waals surface area (Å²) in [6.45, 7) is 11.0. The number of nitrogens with zero attached hydrogens (tertiary/aromatic N) is 2. The van der Waals surface area contributed by atoms with Gasteiger partial charge in [-0.25, -0.2) is 14.6 Å². The van der Waals surface area contributed by atoms with E-state index in [0.717, 1.165) is 0 Å². The van der Waals surface area contributed by atoms with Gasteiger partial charge in [0.15, 0.2) is 5.78 Å². The van der Waals surface area contributed by atoms with Crippen molar-refractivity contribution < 1.29 is 23.9 Å². The summed E-state index contributed by atoms with van der Waals surface area (Å²) in [4.78, 5) is 41.3. The number of Topliss-reactive ketones (excluding diaryl/α,β-unsaturated/α-hetero) is 1. The monoisotopic (exact) mass is 393 g/mol. The molecule has 0 saturated carbocycles. The molecule has 0 bridgehead atoms. The van der Waals surface area contributed by atoms with Crippen molar-refractivity contribution in [3.05, 3.63) is 23.9 Å². The zero-order valence-electron chi connectivity index (χ0n) is 17.8. The van der Waals surface area contributed by atoms with Crippen LogP contribution in [0.3, 0.4) is 0 Å². The number of carbonyl (C=O) groups is 3. The highest BCUT2D eigenvalue weighted by molar-refractivity contribution is 5.96. The number of aromatic nitrogens is 1. The number of ketones is 1. The Labute approximate surface area is 166 Å². The molecular formula is C20H31N3O5. The summed E-state index contributed by atoms with van der Waals surface area (Å²) in [7, 11) is 1.56. The number of anilines is 1. The van der Waals surface area contributed by atoms with Gasteiger partial charge in [0.25, 0.3) is 0 Å². The van der Waals surface area contributed by atoms with Gasteiger partial charge in [0, 0.05) is 31.8 Å². The SMILES string of the molecule is CN(C(=O)OC(C)(C)C)c1ccc(C(=O)CCCNC(=O)OC(C)(C)C)cn1. The van der Waals surface area contributed by atoms with Crippen LogP contribution in [0, 0.1) is 0 Å². The lowest BCUT2D eigenvalue weighted by Crippen LogP contribution is -2.34. The van der Waals surface area contributed by atoms with Crippen LogP contribution < -0.4 is 10.2 Å². The van der Waals surface area contributed by atoms with Gasteiger partial charge in [0.1, 0.15) is 17.0 Å². The van der Waals surface area contributed by atoms with Crippen LogP contribution in [0.4, 0.5) is 15.4 Å². The van der Waals surface area contributed by atoms with Crippen molar-refractivity contribution in [2.24, 2.45) is 0 Å². The number of pyridine rings is 1. The Morgan fingerprint density at radius 1 is 1.04 bits per heavy atom. The number of hydrogen-bond donors (Lipinski definition) is 1. The summed E-state index contributed by atoms with van der Waals surface area (Å²) >= 11 is 0. The Morgan fingerprint density at radius 3 is 2.14 bits per heavy atom. The van der Waals surface area contributed by atoms with Crippen molar-refractivity contribution in [3.8, 4) is 0 Å². The Bertz CT molecular complexity index is 687. The van der Waals surface area contributed by atoms with Crippen molar-refractivity contribution in [1.29, 1.82) is 0 Å². The Kier molecular flexibility index (Phi) is 7.96. The minimum atomic E-state index is -0.603. The molecule has 156 valence electrons. The van der Waals surface area contributed by atoms with E-state index in [0.29, 0.717) is 24.3 Å². The molecule has 8 heteroatoms. The van der Waals surface area contributed by atoms with Crippen LogP contribution in [0.2, 0.25) is 0 Å². The molecule has 0 aromatic carbocycles. The average Bonchev–Trinajstić information content (AvgIpc) is 2.55. The van der Waals surface area contributed by atoms with E-state index in [9.17, 15) is 14.4 Å². The summed E-state index contributed by atoms with van der Waals surface area (Å²) in [5, 5.41) is 2.61. The molecule has 1 rings (SSSR count). The Hall–Kier alpha value is -2.64. The largest absolute Gasteiger partial charge is 0.444 e. The smallest absolute Gasteiger partial charge is 0.415 e. The summed E-state index contributed by atoms with van der Waals surface area (Å²) in [6.07, 6.45) is 1.15. The lowest BCUT2D eigenvalue weighted by molar-refractivity contribution is 0.0524. The Morgan fingerprint density at radius 2 is 1.64 bits per heavy atom. The van der Waals surface area contributed by atoms with Crippen molar-refractivity contribution in [2.45, 2.75) is 65.6 Å². The summed E-state index contributed by atoms with van der Waals surface area (Å²) in [6, 6.07) is 3.21. The van der Waals surface area contributed by atoms with Crippen molar-refractivity contribution >= 4 is 23.8 Å². The average molecular weight is 393 g/mol. The minimum Gasteiger partial charge on any atom is -0.444 e. The highest BCUT2D eigenvalue weighted by atomic mass is 16.6. The van der Waals surface area contributed by atoms with E-state index in [1.807, 2.05) is 0 Å². The standard InChI is InChI=1S/C20H31N3O5/c1-19(2,3)27-17(25)21-12-8-9-15(24)14-10-11-16(22-13-14)23(7)18(26)28-20(4,5)6/h10-11,13H,8-9,12H2,1-7H3,(H,21,25). The summed E-state index contributed by atoms with van der Waals surface area (Å²) in [5.41, 5.74) is -0.715. The maximum atomic E-state index is 12.2. The summed E-state index contributed by atoms with van der Waals surface area (Å²) in [5.74, 6) is 0.294. The number of ether oxygens (including phenoxy) is 2. The predicted molar refractivity (Wildman–Crippen MR) is 107 cm³/mol. The Balaban J connectivity index is 2.49. The molecule has 1 aromatic rings. The number of alkyl carbamates (subject to hydrolysis) is 1. The zero-order chi connectivity index (χ0) is 21.5. The third-order valence-corrected chi connectivity index (χ3v) is 3.33. The van der Waals surface area contributed by atoms with Gasteiger partial charge in [-0.1, -0.05) is 0 Å². The molecule has 0 aliphatic heterocycles. The van der Waals surface area contributed by atoms with Gasteiger partial charge < -0.3 is 14.8 Å². The molecule has 0 saturated heterocycles. The molecule has 1 N–H and O–H groups in total. The molecule has 0 atom stereocenters. The normalized spacial score (nSPS) is 11.5. The van der Waals surface area contributed by atoms with E-state index < -0.39 is 23.4 Å². The fraction of sp³-hybridized carbons (Fsp3) is 0.600. The van der Waals surface area contributed by atoms with E-state index in [2.05, 4.69) is 10.3 Å². The highest BCUT2D eigenvalue weighted by Gasteiger charge is 2.21. The van der Waals surface area contributed by atoms with Crippen molar-refractivity contribution in [2.75, 3.05) is 18.5 Å². The summed E-state index contributed by atoms with van der Waals surface area (Å²) < 4.78 is 10.4. The van der Waals surface area contributed by atoms with Crippen LogP contribution in [0.5, 0.6) is 0 Å². The van der Waals surface area contributed by atoms with Gasteiger partial charge in [0.05, 0.1) is 0 Å². The quantitative estimate of drug-likeness (QED) is 0.581. The molecule has 0 spiro atoms. The number of nitrogens with one attached hydrogen (secondary N) is 1. The zero-order valence-corrected chi connectivity index (χ0v) is 17.8. The lowest BCUT2D eigenvalue weighted by Gasteiger charge is -2.24. The lowest BCUT2D eigenvalue weighted by atomic mass is 10.1. The molecule has 0 fully saturated rings. The molecule has 1 heterocycles. The first-order valence-electron chi connectivity index (χ1n) is 9.21. The molecule has 0 radical (unpaired) electrons. The second kappa shape index (κ2) is 9.52. The number of amides is 2. The van der Waals surface area contributed by atoms with Crippen molar-refractivity contribution in [3.63, 3.8) is 0 Å². The molecule has 0 aliphatic carbocycles. The second-order valence-electron chi connectivity index (χ2n) is 8.40. The van der Waals surface area contributed by atoms with Crippen LogP contribution in [0.15, 0.2) is 18.3 Å². The van der Waals surface area contributed by atoms with Gasteiger partial charge in [-0.3, -0.25) is 9.69 Å². The second-order valence-corrected chi connectivity index (χ2v) is 8.40. The van der Waals surface area contributed by atoms with Gasteiger partial charge in [-0.15, -0.1) is 0 Å². The molecule has 28 heavy (non-hydrogen) atoms. The number of carbonyl (C=O) groups excluding carboxylic acids is 3. The first-order valence-corrected chi connectivity index (χ1v) is 9.21. The molecule has 0 unspecified atom stereocenters. The van der Waals surface area contributed by atoms with Gasteiger partial charge in [-0.05, 0) is 60.1 Å². The fourth-order valence-electron chi connectivity index (χ4n) is 2.07. The predicted octanol–water partition coefficient (Wildman–Crippen LogP) is 3.94. The first kappa shape index (κ1) is 23.4. The van der Waals surface area contributed by atoms with Crippen LogP contribution in [-0.4, -0.2) is 47.7 Å². The maximum Gasteiger partial charge on any atom is 0.415 e. The van der Waals surface area contributed by atoms with Crippen LogP contribution in [0.25, 0.3) is 0 Å². The highest BCUT2D eigenvalue weighted by Crippen LogP contribution is 2.16. The first-order chi connectivity index (χ1) is 12.8. The van der Waals surface area contributed by atoms with Gasteiger partial charge in [-0.2, -0.15) is 0 Å². The van der Waals surface area contributed by atoms with E-state index in [-0.39, 0.29) is 12.2 Å². The molecule has 8 nitrogen and oxygen atoms in total. The van der Waals surface area contributed by atoms with Crippen LogP contribution in [0.1, 0.15) is 64.7 Å². The van der Waals surface area contributed by atoms with E-state index >= 15 is 0 Å². The molecule has 2 amide bonds. The van der Waals surface area contributed by atoms with Crippen molar-refractivity contribution in [1.82, 2.24) is 10.3 Å². The fourth-order valence-corrected chi connectivity index (χ4v) is 2.07. The van der Waals surface area contributed by atoms with E-state index in [4.69, 9.17) is 9.47 Å². The third kappa shape index (κ3) is 8.83. The van der Waals surface area contributed by atoms with Crippen LogP contribution in [-0.2, 0) is 9.47 Å². The number of rotatable bonds is 6. The number of hydrogen-bond acceptors (Lipinski definition) is 6. The third-order valence-electron chi connectivity index (χ3n) is 3.33. The molecule has 0 aliphatic rings. The van der Waals surface area contributed by atoms with Crippen LogP contribution >= 0.6 is 0 Å². The molecular weight excluding hydrogens is 362 g/mol. The topological polar surface area (TPSA) is 97.8 Å². The van der Waals surface area contributed by atoms with Gasteiger partial charge in [0.2, 0.25) is 0 Å². The maximum absolute atomic E-state index is 12.2. The molecule has 1 aromatic heterocycles. The van der Waals surface area contributed by atoms with Gasteiger partial charge >= 0.3 is 12.2 Å². The van der Waals surface area contributed by atoms with E-state index in [1.54, 1.807) is 60.7 Å². The minimum absolute atomic E-state index is 0.0926. The van der Waals surface area contributed by atoms with E-state index in [1.165, 1.54) is 11.1 Å².